The van der Waals surface area contributed by atoms with Gasteiger partial charge in [-0.2, -0.15) is 0 Å². The first kappa shape index (κ1) is 24.7. The second-order valence-corrected chi connectivity index (χ2v) is 5.97. The van der Waals surface area contributed by atoms with Gasteiger partial charge in [-0.1, -0.05) is 26.0 Å². The summed E-state index contributed by atoms with van der Waals surface area (Å²) in [6.45, 7) is 8.87. The zero-order chi connectivity index (χ0) is 18.5. The number of methoxy groups -OCH3 is 1. The van der Waals surface area contributed by atoms with E-state index >= 15 is 0 Å². The Labute approximate surface area is 174 Å². The Morgan fingerprint density at radius 1 is 1.27 bits per heavy atom. The van der Waals surface area contributed by atoms with E-state index in [1.54, 1.807) is 7.11 Å². The Hall–Kier alpha value is -1.35. The molecular formula is C19H33IN4O2. The average Bonchev–Trinajstić information content (AvgIpc) is 2.62. The lowest BCUT2D eigenvalue weighted by Crippen LogP contribution is -2.38. The van der Waals surface area contributed by atoms with Crippen molar-refractivity contribution in [2.75, 3.05) is 32.1 Å². The van der Waals surface area contributed by atoms with Crippen molar-refractivity contribution in [3.8, 4) is 0 Å². The Morgan fingerprint density at radius 3 is 2.69 bits per heavy atom. The van der Waals surface area contributed by atoms with Crippen LogP contribution in [0.2, 0.25) is 0 Å². The van der Waals surface area contributed by atoms with Gasteiger partial charge in [0.1, 0.15) is 0 Å². The molecule has 0 saturated carbocycles. The van der Waals surface area contributed by atoms with Crippen LogP contribution in [-0.4, -0.2) is 38.7 Å². The molecule has 1 aromatic carbocycles. The molecule has 0 bridgehead atoms. The number of halogens is 1. The Kier molecular flexibility index (Phi) is 14.0. The Bertz CT molecular complexity index is 552. The molecule has 0 saturated heterocycles. The number of amides is 1. The molecule has 1 unspecified atom stereocenters. The van der Waals surface area contributed by atoms with Crippen LogP contribution < -0.4 is 16.0 Å². The zero-order valence-electron chi connectivity index (χ0n) is 16.3. The maximum atomic E-state index is 12.0. The van der Waals surface area contributed by atoms with Crippen LogP contribution in [0.15, 0.2) is 29.3 Å². The maximum absolute atomic E-state index is 12.0. The quantitative estimate of drug-likeness (QED) is 0.210. The molecule has 0 heterocycles. The first-order chi connectivity index (χ1) is 12.1. The Morgan fingerprint density at radius 2 is 2.04 bits per heavy atom. The second kappa shape index (κ2) is 14.8. The summed E-state index contributed by atoms with van der Waals surface area (Å²) in [5, 5.41) is 9.47. The van der Waals surface area contributed by atoms with Gasteiger partial charge in [-0.25, -0.2) is 4.99 Å². The molecule has 26 heavy (non-hydrogen) atoms. The standard InChI is InChI=1S/C19H32N4O2.HI/c1-5-15(3)18(24)23-17-10-7-9-16(13-17)14-22-19(20-6-2)21-11-8-12-25-4;/h7,9-10,13,15H,5-6,8,11-12,14H2,1-4H3,(H,23,24)(H2,20,21,22);1H. The van der Waals surface area contributed by atoms with Crippen molar-refractivity contribution in [2.45, 2.75) is 40.2 Å². The molecule has 7 heteroatoms. The minimum atomic E-state index is 0. The number of benzene rings is 1. The van der Waals surface area contributed by atoms with Gasteiger partial charge in [0.15, 0.2) is 5.96 Å². The van der Waals surface area contributed by atoms with Crippen LogP contribution in [-0.2, 0) is 16.1 Å². The molecule has 0 radical (unpaired) electrons. The third-order valence-electron chi connectivity index (χ3n) is 3.84. The molecule has 6 nitrogen and oxygen atoms in total. The summed E-state index contributed by atoms with van der Waals surface area (Å²) in [5.41, 5.74) is 1.87. The third-order valence-corrected chi connectivity index (χ3v) is 3.84. The number of carbonyl (C=O) groups is 1. The molecule has 1 amide bonds. The predicted octanol–water partition coefficient (Wildman–Crippen LogP) is 3.38. The van der Waals surface area contributed by atoms with Crippen molar-refractivity contribution in [2.24, 2.45) is 10.9 Å². The number of carbonyl (C=O) groups excluding carboxylic acids is 1. The summed E-state index contributed by atoms with van der Waals surface area (Å²) in [6, 6.07) is 7.83. The fraction of sp³-hybridized carbons (Fsp3) is 0.579. The molecular weight excluding hydrogens is 443 g/mol. The van der Waals surface area contributed by atoms with Crippen molar-refractivity contribution in [1.29, 1.82) is 0 Å². The van der Waals surface area contributed by atoms with Crippen molar-refractivity contribution in [3.05, 3.63) is 29.8 Å². The number of nitrogens with zero attached hydrogens (tertiary/aromatic N) is 1. The van der Waals surface area contributed by atoms with Crippen LogP contribution in [0.3, 0.4) is 0 Å². The predicted molar refractivity (Wildman–Crippen MR) is 119 cm³/mol. The first-order valence-electron chi connectivity index (χ1n) is 9.01. The largest absolute Gasteiger partial charge is 0.385 e. The minimum absolute atomic E-state index is 0. The number of rotatable bonds is 10. The highest BCUT2D eigenvalue weighted by atomic mass is 127. The molecule has 0 aliphatic rings. The molecule has 0 spiro atoms. The van der Waals surface area contributed by atoms with Crippen molar-refractivity contribution >= 4 is 41.5 Å². The van der Waals surface area contributed by atoms with Crippen molar-refractivity contribution in [3.63, 3.8) is 0 Å². The smallest absolute Gasteiger partial charge is 0.227 e. The molecule has 0 aromatic heterocycles. The van der Waals surface area contributed by atoms with Crippen LogP contribution in [0.4, 0.5) is 5.69 Å². The van der Waals surface area contributed by atoms with Gasteiger partial charge < -0.3 is 20.7 Å². The molecule has 0 aliphatic carbocycles. The number of ether oxygens (including phenoxy) is 1. The van der Waals surface area contributed by atoms with Gasteiger partial charge in [0.2, 0.25) is 5.91 Å². The number of hydrogen-bond acceptors (Lipinski definition) is 3. The maximum Gasteiger partial charge on any atom is 0.227 e. The highest BCUT2D eigenvalue weighted by Crippen LogP contribution is 2.13. The molecule has 1 rings (SSSR count). The van der Waals surface area contributed by atoms with Gasteiger partial charge >= 0.3 is 0 Å². The van der Waals surface area contributed by atoms with Gasteiger partial charge in [0.25, 0.3) is 0 Å². The van der Waals surface area contributed by atoms with E-state index in [0.717, 1.165) is 49.7 Å². The molecule has 0 fully saturated rings. The van der Waals surface area contributed by atoms with Gasteiger partial charge in [-0.05, 0) is 37.5 Å². The number of nitrogens with one attached hydrogen (secondary N) is 3. The second-order valence-electron chi connectivity index (χ2n) is 5.97. The third kappa shape index (κ3) is 9.96. The molecule has 148 valence electrons. The average molecular weight is 476 g/mol. The fourth-order valence-corrected chi connectivity index (χ4v) is 2.13. The number of aliphatic imine (C=N–C) groups is 1. The first-order valence-corrected chi connectivity index (χ1v) is 9.01. The summed E-state index contributed by atoms with van der Waals surface area (Å²) in [5.74, 6) is 0.849. The molecule has 1 atom stereocenters. The topological polar surface area (TPSA) is 74.8 Å². The van der Waals surface area contributed by atoms with Gasteiger partial charge in [-0.15, -0.1) is 24.0 Å². The van der Waals surface area contributed by atoms with Gasteiger partial charge in [-0.3, -0.25) is 4.79 Å². The SMILES string of the molecule is CCNC(=NCc1cccc(NC(=O)C(C)CC)c1)NCCCOC.I. The highest BCUT2D eigenvalue weighted by Gasteiger charge is 2.10. The monoisotopic (exact) mass is 476 g/mol. The van der Waals surface area contributed by atoms with E-state index in [9.17, 15) is 4.79 Å². The van der Waals surface area contributed by atoms with Gasteiger partial charge in [0.05, 0.1) is 6.54 Å². The normalized spacial score (nSPS) is 12.1. The number of anilines is 1. The molecule has 0 aliphatic heterocycles. The summed E-state index contributed by atoms with van der Waals surface area (Å²) < 4.78 is 5.05. The minimum Gasteiger partial charge on any atom is -0.385 e. The van der Waals surface area contributed by atoms with E-state index in [2.05, 4.69) is 20.9 Å². The summed E-state index contributed by atoms with van der Waals surface area (Å²) in [4.78, 5) is 16.6. The van der Waals surface area contributed by atoms with E-state index in [-0.39, 0.29) is 35.8 Å². The van der Waals surface area contributed by atoms with Crippen LogP contribution in [0, 0.1) is 5.92 Å². The highest BCUT2D eigenvalue weighted by molar-refractivity contribution is 14.0. The molecule has 1 aromatic rings. The zero-order valence-corrected chi connectivity index (χ0v) is 18.6. The lowest BCUT2D eigenvalue weighted by molar-refractivity contribution is -0.119. The van der Waals surface area contributed by atoms with E-state index in [4.69, 9.17) is 4.74 Å². The summed E-state index contributed by atoms with van der Waals surface area (Å²) in [7, 11) is 1.70. The van der Waals surface area contributed by atoms with Gasteiger partial charge in [0, 0.05) is 38.4 Å². The molecule has 3 N–H and O–H groups in total. The van der Waals surface area contributed by atoms with Crippen LogP contribution in [0.1, 0.15) is 39.2 Å². The lowest BCUT2D eigenvalue weighted by Gasteiger charge is -2.12. The summed E-state index contributed by atoms with van der Waals surface area (Å²) >= 11 is 0. The van der Waals surface area contributed by atoms with E-state index in [0.29, 0.717) is 6.54 Å². The van der Waals surface area contributed by atoms with E-state index in [1.807, 2.05) is 45.0 Å². The van der Waals surface area contributed by atoms with E-state index in [1.165, 1.54) is 0 Å². The van der Waals surface area contributed by atoms with Crippen LogP contribution in [0.5, 0.6) is 0 Å². The number of guanidine groups is 1. The van der Waals surface area contributed by atoms with Crippen molar-refractivity contribution < 1.29 is 9.53 Å². The van der Waals surface area contributed by atoms with Crippen LogP contribution in [0.25, 0.3) is 0 Å². The number of hydrogen-bond donors (Lipinski definition) is 3. The lowest BCUT2D eigenvalue weighted by atomic mass is 10.1. The fourth-order valence-electron chi connectivity index (χ4n) is 2.13. The summed E-state index contributed by atoms with van der Waals surface area (Å²) in [6.07, 6.45) is 1.76. The Balaban J connectivity index is 0.00000625. The van der Waals surface area contributed by atoms with Crippen LogP contribution >= 0.6 is 24.0 Å². The van der Waals surface area contributed by atoms with E-state index < -0.39 is 0 Å². The van der Waals surface area contributed by atoms with Crippen molar-refractivity contribution in [1.82, 2.24) is 10.6 Å².